The lowest BCUT2D eigenvalue weighted by Gasteiger charge is -2.39. The lowest BCUT2D eigenvalue weighted by molar-refractivity contribution is 0.0963. The highest BCUT2D eigenvalue weighted by molar-refractivity contribution is 6.13. The molecule has 0 N–H and O–H groups in total. The summed E-state index contributed by atoms with van der Waals surface area (Å²) in [5, 5.41) is 0. The summed E-state index contributed by atoms with van der Waals surface area (Å²) in [5.41, 5.74) is 4.48. The molecular weight excluding hydrogens is 324 g/mol. The van der Waals surface area contributed by atoms with Crippen LogP contribution in [0, 0.1) is 0 Å². The molecule has 5 rings (SSSR count). The highest BCUT2D eigenvalue weighted by atomic mass is 16.2. The van der Waals surface area contributed by atoms with Gasteiger partial charge in [-0.2, -0.15) is 0 Å². The Morgan fingerprint density at radius 3 is 2.92 bits per heavy atom. The molecule has 26 heavy (non-hydrogen) atoms. The van der Waals surface area contributed by atoms with Crippen LogP contribution in [0.15, 0.2) is 42.9 Å². The molecule has 2 aliphatic rings. The highest BCUT2D eigenvalue weighted by Crippen LogP contribution is 2.52. The number of para-hydroxylation sites is 1. The molecule has 3 heterocycles. The van der Waals surface area contributed by atoms with Crippen LogP contribution in [0.25, 0.3) is 11.2 Å². The molecular formula is C21H22N4O. The number of amides is 1. The number of fused-ring (bicyclic) bond motifs is 4. The number of hydrogen-bond acceptors (Lipinski definition) is 3. The van der Waals surface area contributed by atoms with Crippen molar-refractivity contribution in [1.82, 2.24) is 14.5 Å². The van der Waals surface area contributed by atoms with Crippen LogP contribution in [0.2, 0.25) is 0 Å². The summed E-state index contributed by atoms with van der Waals surface area (Å²) in [6.45, 7) is 2.33. The maximum absolute atomic E-state index is 13.7. The van der Waals surface area contributed by atoms with Gasteiger partial charge in [0.25, 0.3) is 5.91 Å². The van der Waals surface area contributed by atoms with Crippen molar-refractivity contribution in [2.45, 2.75) is 44.1 Å². The molecule has 3 aromatic rings. The van der Waals surface area contributed by atoms with Crippen molar-refractivity contribution >= 4 is 22.8 Å². The summed E-state index contributed by atoms with van der Waals surface area (Å²) >= 11 is 0. The number of imidazole rings is 1. The van der Waals surface area contributed by atoms with Crippen molar-refractivity contribution in [3.05, 3.63) is 54.0 Å². The molecule has 2 atom stereocenters. The van der Waals surface area contributed by atoms with Crippen LogP contribution in [-0.4, -0.2) is 26.5 Å². The normalized spacial score (nSPS) is 24.5. The Morgan fingerprint density at radius 2 is 2.04 bits per heavy atom. The summed E-state index contributed by atoms with van der Waals surface area (Å²) in [6, 6.07) is 10.4. The zero-order chi connectivity index (χ0) is 17.9. The summed E-state index contributed by atoms with van der Waals surface area (Å²) in [5.74, 6) is 0.0409. The Hall–Kier alpha value is -2.69. The van der Waals surface area contributed by atoms with Crippen LogP contribution in [0.4, 0.5) is 5.69 Å². The minimum Gasteiger partial charge on any atom is -0.318 e. The van der Waals surface area contributed by atoms with Crippen LogP contribution < -0.4 is 4.90 Å². The van der Waals surface area contributed by atoms with E-state index in [4.69, 9.17) is 0 Å². The number of aromatic nitrogens is 3. The van der Waals surface area contributed by atoms with E-state index in [1.807, 2.05) is 22.6 Å². The van der Waals surface area contributed by atoms with Gasteiger partial charge in [0.2, 0.25) is 0 Å². The number of carbonyl (C=O) groups is 1. The minimum absolute atomic E-state index is 0.0409. The van der Waals surface area contributed by atoms with Gasteiger partial charge < -0.3 is 9.47 Å². The lowest BCUT2D eigenvalue weighted by atomic mass is 9.69. The highest BCUT2D eigenvalue weighted by Gasteiger charge is 2.50. The van der Waals surface area contributed by atoms with E-state index in [0.29, 0.717) is 11.1 Å². The number of hydrogen-bond donors (Lipinski definition) is 0. The fraction of sp³-hybridized carbons (Fsp3) is 0.381. The first-order valence-corrected chi connectivity index (χ1v) is 9.30. The van der Waals surface area contributed by atoms with E-state index in [1.54, 1.807) is 18.6 Å². The molecule has 1 amide bonds. The van der Waals surface area contributed by atoms with E-state index in [-0.39, 0.29) is 17.4 Å². The van der Waals surface area contributed by atoms with Crippen molar-refractivity contribution in [3.63, 3.8) is 0 Å². The molecule has 0 unspecified atom stereocenters. The van der Waals surface area contributed by atoms with Crippen molar-refractivity contribution in [2.24, 2.45) is 7.05 Å². The van der Waals surface area contributed by atoms with Gasteiger partial charge in [0.1, 0.15) is 5.52 Å². The van der Waals surface area contributed by atoms with E-state index >= 15 is 0 Å². The predicted molar refractivity (Wildman–Crippen MR) is 101 cm³/mol. The average molecular weight is 346 g/mol. The van der Waals surface area contributed by atoms with Gasteiger partial charge in [-0.05, 0) is 30.5 Å². The Morgan fingerprint density at radius 1 is 1.19 bits per heavy atom. The smallest absolute Gasteiger partial charge is 0.260 e. The van der Waals surface area contributed by atoms with E-state index in [0.717, 1.165) is 24.2 Å². The number of carbonyl (C=O) groups excluding carboxylic acids is 1. The van der Waals surface area contributed by atoms with Crippen molar-refractivity contribution < 1.29 is 4.79 Å². The maximum Gasteiger partial charge on any atom is 0.260 e. The topological polar surface area (TPSA) is 51.0 Å². The quantitative estimate of drug-likeness (QED) is 0.673. The second-order valence-electron chi connectivity index (χ2n) is 7.76. The number of pyridine rings is 1. The number of benzene rings is 1. The zero-order valence-corrected chi connectivity index (χ0v) is 15.1. The van der Waals surface area contributed by atoms with Crippen molar-refractivity contribution in [2.75, 3.05) is 4.90 Å². The summed E-state index contributed by atoms with van der Waals surface area (Å²) in [4.78, 5) is 24.5. The first-order chi connectivity index (χ1) is 12.6. The monoisotopic (exact) mass is 346 g/mol. The van der Waals surface area contributed by atoms with Crippen LogP contribution in [0.3, 0.4) is 0 Å². The van der Waals surface area contributed by atoms with Gasteiger partial charge in [-0.15, -0.1) is 0 Å². The fourth-order valence-electron chi connectivity index (χ4n) is 4.96. The molecule has 0 saturated heterocycles. The molecule has 2 aromatic heterocycles. The summed E-state index contributed by atoms with van der Waals surface area (Å²) < 4.78 is 1.86. The van der Waals surface area contributed by atoms with Crippen molar-refractivity contribution in [3.8, 4) is 0 Å². The molecule has 0 radical (unpaired) electrons. The standard InChI is InChI=1S/C21H22N4O/c1-21-11-6-5-9-17(21)25(16-8-4-3-7-15(16)21)20(26)14-10-12-22-19-18(14)23-13-24(19)2/h3-4,7-8,10,12-13,17H,5-6,9,11H2,1-2H3/t17-,21-/m0/s1. The molecule has 1 saturated carbocycles. The summed E-state index contributed by atoms with van der Waals surface area (Å²) in [6.07, 6.45) is 8.01. The second kappa shape index (κ2) is 5.40. The average Bonchev–Trinajstić information content (AvgIpc) is 3.17. The second-order valence-corrected chi connectivity index (χ2v) is 7.76. The molecule has 1 aromatic carbocycles. The number of anilines is 1. The Kier molecular flexibility index (Phi) is 3.23. The van der Waals surface area contributed by atoms with Gasteiger partial charge in [0.15, 0.2) is 5.65 Å². The lowest BCUT2D eigenvalue weighted by Crippen LogP contribution is -2.47. The molecule has 1 aliphatic heterocycles. The predicted octanol–water partition coefficient (Wildman–Crippen LogP) is 3.83. The van der Waals surface area contributed by atoms with Gasteiger partial charge >= 0.3 is 0 Å². The molecule has 1 fully saturated rings. The largest absolute Gasteiger partial charge is 0.318 e. The third-order valence-corrected chi connectivity index (χ3v) is 6.30. The third kappa shape index (κ3) is 1.94. The Labute approximate surface area is 152 Å². The number of aryl methyl sites for hydroxylation is 1. The SMILES string of the molecule is Cn1cnc2c(C(=O)N3c4ccccc4[C@]4(C)CCCC[C@H]34)ccnc21. The molecule has 1 aliphatic carbocycles. The zero-order valence-electron chi connectivity index (χ0n) is 15.1. The Balaban J connectivity index is 1.68. The first-order valence-electron chi connectivity index (χ1n) is 9.30. The first kappa shape index (κ1) is 15.6. The fourth-order valence-corrected chi connectivity index (χ4v) is 4.96. The van der Waals surface area contributed by atoms with Crippen molar-refractivity contribution in [1.29, 1.82) is 0 Å². The van der Waals surface area contributed by atoms with Gasteiger partial charge in [-0.25, -0.2) is 9.97 Å². The number of rotatable bonds is 1. The molecule has 0 spiro atoms. The minimum atomic E-state index is 0.0409. The maximum atomic E-state index is 13.7. The van der Waals surface area contributed by atoms with Gasteiger partial charge in [-0.1, -0.05) is 38.0 Å². The van der Waals surface area contributed by atoms with Gasteiger partial charge in [-0.3, -0.25) is 4.79 Å². The molecule has 5 nitrogen and oxygen atoms in total. The number of nitrogens with zero attached hydrogens (tertiary/aromatic N) is 4. The summed E-state index contributed by atoms with van der Waals surface area (Å²) in [7, 11) is 1.90. The van der Waals surface area contributed by atoms with Crippen LogP contribution in [-0.2, 0) is 12.5 Å². The van der Waals surface area contributed by atoms with E-state index in [1.165, 1.54) is 18.4 Å². The van der Waals surface area contributed by atoms with Crippen LogP contribution in [0.5, 0.6) is 0 Å². The van der Waals surface area contributed by atoms with Crippen LogP contribution in [0.1, 0.15) is 48.5 Å². The van der Waals surface area contributed by atoms with Gasteiger partial charge in [0, 0.05) is 30.4 Å². The van der Waals surface area contributed by atoms with E-state index < -0.39 is 0 Å². The molecule has 132 valence electrons. The van der Waals surface area contributed by atoms with E-state index in [9.17, 15) is 4.79 Å². The Bertz CT molecular complexity index is 1020. The molecule has 0 bridgehead atoms. The third-order valence-electron chi connectivity index (χ3n) is 6.30. The van der Waals surface area contributed by atoms with Crippen LogP contribution >= 0.6 is 0 Å². The molecule has 5 heteroatoms. The van der Waals surface area contributed by atoms with E-state index in [2.05, 4.69) is 35.1 Å². The van der Waals surface area contributed by atoms with Gasteiger partial charge in [0.05, 0.1) is 11.9 Å².